The van der Waals surface area contributed by atoms with Crippen LogP contribution in [0.15, 0.2) is 27.6 Å². The highest BCUT2D eigenvalue weighted by atomic mass is 127. The highest BCUT2D eigenvalue weighted by molar-refractivity contribution is 14.0. The minimum Gasteiger partial charge on any atom is -0.444 e. The van der Waals surface area contributed by atoms with Crippen LogP contribution in [0.5, 0.6) is 0 Å². The van der Waals surface area contributed by atoms with Crippen molar-refractivity contribution in [3.63, 3.8) is 0 Å². The minimum atomic E-state index is 0. The van der Waals surface area contributed by atoms with Gasteiger partial charge in [-0.05, 0) is 40.0 Å². The van der Waals surface area contributed by atoms with Crippen molar-refractivity contribution >= 4 is 47.2 Å². The number of aromatic nitrogens is 1. The third kappa shape index (κ3) is 6.49. The number of rotatable bonds is 6. The topological polar surface area (TPSA) is 68.9 Å². The normalized spacial score (nSPS) is 15.1. The van der Waals surface area contributed by atoms with Crippen LogP contribution in [0.25, 0.3) is 0 Å². The number of halogens is 2. The Morgan fingerprint density at radius 2 is 1.93 bits per heavy atom. The standard InChI is InChI=1S/C21H31ClN6O.HI/c1-5-23-21(25-14-20-26-15(2)16(3)29-20)24-13-17-18(22)7-6-8-19(17)28-11-9-27(4)10-12-28;/h6-8H,5,9-14H2,1-4H3,(H2,23,24,25);1H. The molecule has 2 heterocycles. The second-order valence-electron chi connectivity index (χ2n) is 7.33. The van der Waals surface area contributed by atoms with Crippen LogP contribution in [0, 0.1) is 13.8 Å². The minimum absolute atomic E-state index is 0. The molecule has 0 atom stereocenters. The van der Waals surface area contributed by atoms with Gasteiger partial charge in [0.1, 0.15) is 5.76 Å². The molecule has 166 valence electrons. The summed E-state index contributed by atoms with van der Waals surface area (Å²) in [5.41, 5.74) is 3.14. The van der Waals surface area contributed by atoms with Crippen molar-refractivity contribution in [2.75, 3.05) is 44.7 Å². The number of anilines is 1. The van der Waals surface area contributed by atoms with Gasteiger partial charge < -0.3 is 24.9 Å². The molecule has 0 unspecified atom stereocenters. The number of hydrogen-bond acceptors (Lipinski definition) is 5. The number of hydrogen-bond donors (Lipinski definition) is 2. The molecule has 7 nitrogen and oxygen atoms in total. The Hall–Kier alpha value is -1.52. The molecule has 30 heavy (non-hydrogen) atoms. The van der Waals surface area contributed by atoms with Crippen LogP contribution < -0.4 is 15.5 Å². The van der Waals surface area contributed by atoms with Crippen molar-refractivity contribution in [2.24, 2.45) is 4.99 Å². The lowest BCUT2D eigenvalue weighted by Crippen LogP contribution is -2.44. The Morgan fingerprint density at radius 3 is 2.57 bits per heavy atom. The molecular formula is C21H32ClIN6O. The van der Waals surface area contributed by atoms with E-state index in [1.165, 1.54) is 5.69 Å². The van der Waals surface area contributed by atoms with Crippen molar-refractivity contribution in [1.82, 2.24) is 20.5 Å². The molecule has 0 saturated carbocycles. The van der Waals surface area contributed by atoms with Gasteiger partial charge in [0.05, 0.1) is 18.8 Å². The number of guanidine groups is 1. The van der Waals surface area contributed by atoms with Gasteiger partial charge in [0.15, 0.2) is 5.96 Å². The number of piperazine rings is 1. The number of benzene rings is 1. The summed E-state index contributed by atoms with van der Waals surface area (Å²) >= 11 is 6.56. The first kappa shape index (κ1) is 24.7. The van der Waals surface area contributed by atoms with Crippen molar-refractivity contribution in [3.05, 3.63) is 46.1 Å². The largest absolute Gasteiger partial charge is 0.444 e. The highest BCUT2D eigenvalue weighted by Gasteiger charge is 2.18. The predicted molar refractivity (Wildman–Crippen MR) is 134 cm³/mol. The van der Waals surface area contributed by atoms with E-state index < -0.39 is 0 Å². The molecule has 1 aromatic heterocycles. The number of oxazole rings is 1. The Morgan fingerprint density at radius 1 is 1.20 bits per heavy atom. The monoisotopic (exact) mass is 546 g/mol. The van der Waals surface area contributed by atoms with Crippen LogP contribution in [0.3, 0.4) is 0 Å². The molecule has 1 aliphatic heterocycles. The Bertz CT molecular complexity index is 829. The third-order valence-corrected chi connectivity index (χ3v) is 5.51. The molecule has 1 saturated heterocycles. The molecule has 2 N–H and O–H groups in total. The highest BCUT2D eigenvalue weighted by Crippen LogP contribution is 2.29. The van der Waals surface area contributed by atoms with Crippen LogP contribution in [0.2, 0.25) is 5.02 Å². The zero-order valence-electron chi connectivity index (χ0n) is 18.2. The lowest BCUT2D eigenvalue weighted by Gasteiger charge is -2.35. The van der Waals surface area contributed by atoms with Gasteiger partial charge >= 0.3 is 0 Å². The van der Waals surface area contributed by atoms with Crippen LogP contribution in [0.4, 0.5) is 5.69 Å². The average Bonchev–Trinajstić information content (AvgIpc) is 3.03. The van der Waals surface area contributed by atoms with Gasteiger partial charge in [-0.25, -0.2) is 9.98 Å². The molecule has 0 spiro atoms. The van der Waals surface area contributed by atoms with E-state index in [4.69, 9.17) is 21.0 Å². The summed E-state index contributed by atoms with van der Waals surface area (Å²) in [5.74, 6) is 2.21. The van der Waals surface area contributed by atoms with Gasteiger partial charge in [0.2, 0.25) is 5.89 Å². The van der Waals surface area contributed by atoms with Gasteiger partial charge in [-0.1, -0.05) is 17.7 Å². The Labute approximate surface area is 201 Å². The molecule has 0 radical (unpaired) electrons. The number of likely N-dealkylation sites (N-methyl/N-ethyl adjacent to an activating group) is 1. The quantitative estimate of drug-likeness (QED) is 0.328. The van der Waals surface area contributed by atoms with E-state index in [9.17, 15) is 0 Å². The van der Waals surface area contributed by atoms with Crippen molar-refractivity contribution < 1.29 is 4.42 Å². The van der Waals surface area contributed by atoms with Crippen molar-refractivity contribution in [1.29, 1.82) is 0 Å². The third-order valence-electron chi connectivity index (χ3n) is 5.16. The van der Waals surface area contributed by atoms with E-state index in [-0.39, 0.29) is 24.0 Å². The molecule has 1 aliphatic rings. The smallest absolute Gasteiger partial charge is 0.214 e. The predicted octanol–water partition coefficient (Wildman–Crippen LogP) is 3.57. The zero-order chi connectivity index (χ0) is 20.8. The summed E-state index contributed by atoms with van der Waals surface area (Å²) in [6.07, 6.45) is 0. The fraction of sp³-hybridized carbons (Fsp3) is 0.524. The van der Waals surface area contributed by atoms with E-state index in [2.05, 4.69) is 38.5 Å². The first-order valence-electron chi connectivity index (χ1n) is 10.1. The Kier molecular flexibility index (Phi) is 9.70. The molecule has 0 amide bonds. The maximum Gasteiger partial charge on any atom is 0.214 e. The first-order chi connectivity index (χ1) is 14.0. The van der Waals surface area contributed by atoms with Crippen molar-refractivity contribution in [3.8, 4) is 0 Å². The zero-order valence-corrected chi connectivity index (χ0v) is 21.3. The molecule has 2 aromatic rings. The van der Waals surface area contributed by atoms with Gasteiger partial charge in [0.25, 0.3) is 0 Å². The summed E-state index contributed by atoms with van der Waals surface area (Å²) < 4.78 is 5.64. The van der Waals surface area contributed by atoms with Crippen LogP contribution in [-0.4, -0.2) is 55.6 Å². The Balaban J connectivity index is 0.00000320. The summed E-state index contributed by atoms with van der Waals surface area (Å²) in [6.45, 7) is 11.7. The van der Waals surface area contributed by atoms with E-state index in [1.54, 1.807) is 0 Å². The molecule has 3 rings (SSSR count). The van der Waals surface area contributed by atoms with E-state index >= 15 is 0 Å². The second-order valence-corrected chi connectivity index (χ2v) is 7.73. The fourth-order valence-corrected chi connectivity index (χ4v) is 3.55. The molecule has 0 aliphatic carbocycles. The number of aryl methyl sites for hydroxylation is 2. The van der Waals surface area contributed by atoms with Gasteiger partial charge in [0, 0.05) is 49.0 Å². The number of nitrogens with one attached hydrogen (secondary N) is 2. The summed E-state index contributed by atoms with van der Waals surface area (Å²) in [5, 5.41) is 7.32. The van der Waals surface area contributed by atoms with E-state index in [0.717, 1.165) is 54.8 Å². The molecule has 1 aromatic carbocycles. The van der Waals surface area contributed by atoms with Crippen LogP contribution >= 0.6 is 35.6 Å². The summed E-state index contributed by atoms with van der Waals surface area (Å²) in [7, 11) is 2.16. The average molecular weight is 547 g/mol. The molecule has 9 heteroatoms. The number of aliphatic imine (C=N–C) groups is 1. The van der Waals surface area contributed by atoms with Crippen molar-refractivity contribution in [2.45, 2.75) is 33.9 Å². The maximum absolute atomic E-state index is 6.56. The lowest BCUT2D eigenvalue weighted by molar-refractivity contribution is 0.312. The fourth-order valence-electron chi connectivity index (χ4n) is 3.32. The van der Waals surface area contributed by atoms with Crippen LogP contribution in [0.1, 0.15) is 29.8 Å². The molecular weight excluding hydrogens is 515 g/mol. The first-order valence-corrected chi connectivity index (χ1v) is 10.5. The summed E-state index contributed by atoms with van der Waals surface area (Å²) in [4.78, 5) is 13.9. The van der Waals surface area contributed by atoms with Gasteiger partial charge in [-0.3, -0.25) is 0 Å². The molecule has 0 bridgehead atoms. The van der Waals surface area contributed by atoms with Gasteiger partial charge in [-0.15, -0.1) is 24.0 Å². The van der Waals surface area contributed by atoms with Gasteiger partial charge in [-0.2, -0.15) is 0 Å². The maximum atomic E-state index is 6.56. The summed E-state index contributed by atoms with van der Waals surface area (Å²) in [6, 6.07) is 6.09. The second kappa shape index (κ2) is 11.8. The SMILES string of the molecule is CCNC(=NCc1c(Cl)cccc1N1CCN(C)CC1)NCc1nc(C)c(C)o1.I. The van der Waals surface area contributed by atoms with E-state index in [1.807, 2.05) is 32.9 Å². The van der Waals surface area contributed by atoms with E-state index in [0.29, 0.717) is 24.9 Å². The lowest BCUT2D eigenvalue weighted by atomic mass is 10.1. The molecule has 1 fully saturated rings. The van der Waals surface area contributed by atoms with Crippen LogP contribution in [-0.2, 0) is 13.1 Å². The number of nitrogens with zero attached hydrogens (tertiary/aromatic N) is 4.